The van der Waals surface area contributed by atoms with Crippen LogP contribution in [0.4, 0.5) is 4.39 Å². The molecule has 3 N–H and O–H groups in total. The first-order valence-electron chi connectivity index (χ1n) is 6.49. The lowest BCUT2D eigenvalue weighted by molar-refractivity contribution is 0.597. The molecule has 0 aliphatic rings. The summed E-state index contributed by atoms with van der Waals surface area (Å²) in [6.07, 6.45) is 3.62. The normalized spacial score (nSPS) is 12.7. The van der Waals surface area contributed by atoms with Crippen molar-refractivity contribution in [1.29, 1.82) is 0 Å². The standard InChI is InChI=1S/C14H14FN5S/c1-8(16)4-9-2-3-11(10(15)5-9)21-14-12-13(18-6-17-12)19-7-20-14/h2-3,5-8H,4,16H2,1H3,(H,17,18,19,20). The molecule has 7 heteroatoms. The number of nitrogens with one attached hydrogen (secondary N) is 1. The van der Waals surface area contributed by atoms with Crippen molar-refractivity contribution >= 4 is 22.9 Å². The van der Waals surface area contributed by atoms with Gasteiger partial charge in [0.1, 0.15) is 22.7 Å². The number of aromatic nitrogens is 4. The van der Waals surface area contributed by atoms with E-state index in [1.54, 1.807) is 12.4 Å². The van der Waals surface area contributed by atoms with E-state index in [0.29, 0.717) is 27.5 Å². The number of fused-ring (bicyclic) bond motifs is 1. The molecule has 0 amide bonds. The molecule has 2 heterocycles. The van der Waals surface area contributed by atoms with Crippen molar-refractivity contribution in [3.05, 3.63) is 42.2 Å². The zero-order valence-electron chi connectivity index (χ0n) is 11.4. The van der Waals surface area contributed by atoms with Crippen LogP contribution in [-0.4, -0.2) is 26.0 Å². The van der Waals surface area contributed by atoms with Crippen LogP contribution in [0.2, 0.25) is 0 Å². The van der Waals surface area contributed by atoms with E-state index in [1.165, 1.54) is 24.2 Å². The molecule has 2 aromatic heterocycles. The number of imidazole rings is 1. The Balaban J connectivity index is 1.89. The Labute approximate surface area is 125 Å². The molecule has 108 valence electrons. The lowest BCUT2D eigenvalue weighted by Gasteiger charge is -2.08. The number of rotatable bonds is 4. The fraction of sp³-hybridized carbons (Fsp3) is 0.214. The Kier molecular flexibility index (Phi) is 3.85. The van der Waals surface area contributed by atoms with E-state index in [4.69, 9.17) is 5.73 Å². The maximum Gasteiger partial charge on any atom is 0.181 e. The van der Waals surface area contributed by atoms with Crippen molar-refractivity contribution in [3.8, 4) is 0 Å². The van der Waals surface area contributed by atoms with Gasteiger partial charge in [0.2, 0.25) is 0 Å². The molecule has 21 heavy (non-hydrogen) atoms. The van der Waals surface area contributed by atoms with Gasteiger partial charge in [-0.1, -0.05) is 17.8 Å². The highest BCUT2D eigenvalue weighted by Gasteiger charge is 2.11. The van der Waals surface area contributed by atoms with E-state index in [2.05, 4.69) is 19.9 Å². The molecule has 0 aliphatic heterocycles. The molecular formula is C14H14FN5S. The van der Waals surface area contributed by atoms with Crippen molar-refractivity contribution in [2.24, 2.45) is 5.73 Å². The Morgan fingerprint density at radius 1 is 1.33 bits per heavy atom. The molecule has 1 aromatic carbocycles. The summed E-state index contributed by atoms with van der Waals surface area (Å²) in [4.78, 5) is 15.8. The van der Waals surface area contributed by atoms with E-state index < -0.39 is 0 Å². The second kappa shape index (κ2) is 5.79. The number of hydrogen-bond acceptors (Lipinski definition) is 5. The molecule has 3 rings (SSSR count). The van der Waals surface area contributed by atoms with Crippen LogP contribution in [0.1, 0.15) is 12.5 Å². The summed E-state index contributed by atoms with van der Waals surface area (Å²) in [5.41, 5.74) is 7.90. The van der Waals surface area contributed by atoms with Crippen LogP contribution in [-0.2, 0) is 6.42 Å². The summed E-state index contributed by atoms with van der Waals surface area (Å²) in [7, 11) is 0. The van der Waals surface area contributed by atoms with Gasteiger partial charge in [-0.15, -0.1) is 0 Å². The average Bonchev–Trinajstić information content (AvgIpc) is 2.90. The lowest BCUT2D eigenvalue weighted by Crippen LogP contribution is -2.17. The van der Waals surface area contributed by atoms with Crippen LogP contribution < -0.4 is 5.73 Å². The minimum atomic E-state index is -0.274. The number of H-pyrrole nitrogens is 1. The van der Waals surface area contributed by atoms with Gasteiger partial charge in [0, 0.05) is 10.9 Å². The number of aromatic amines is 1. The van der Waals surface area contributed by atoms with Crippen LogP contribution in [0.25, 0.3) is 11.2 Å². The third-order valence-corrected chi connectivity index (χ3v) is 4.00. The summed E-state index contributed by atoms with van der Waals surface area (Å²) >= 11 is 1.25. The van der Waals surface area contributed by atoms with Crippen molar-refractivity contribution < 1.29 is 4.39 Å². The Bertz CT molecular complexity index is 771. The fourth-order valence-corrected chi connectivity index (χ4v) is 2.90. The number of halogens is 1. The van der Waals surface area contributed by atoms with Crippen LogP contribution in [0, 0.1) is 5.82 Å². The van der Waals surface area contributed by atoms with Gasteiger partial charge in [-0.2, -0.15) is 0 Å². The zero-order chi connectivity index (χ0) is 14.8. The quantitative estimate of drug-likeness (QED) is 0.724. The largest absolute Gasteiger partial charge is 0.341 e. The van der Waals surface area contributed by atoms with Crippen molar-refractivity contribution in [1.82, 2.24) is 19.9 Å². The van der Waals surface area contributed by atoms with E-state index in [1.807, 2.05) is 13.0 Å². The van der Waals surface area contributed by atoms with Crippen molar-refractivity contribution in [2.75, 3.05) is 0 Å². The van der Waals surface area contributed by atoms with Crippen LogP contribution in [0.3, 0.4) is 0 Å². The first-order valence-corrected chi connectivity index (χ1v) is 7.31. The van der Waals surface area contributed by atoms with Gasteiger partial charge < -0.3 is 10.7 Å². The zero-order valence-corrected chi connectivity index (χ0v) is 12.2. The molecule has 0 saturated heterocycles. The van der Waals surface area contributed by atoms with Crippen LogP contribution in [0.15, 0.2) is 40.8 Å². The molecular weight excluding hydrogens is 289 g/mol. The lowest BCUT2D eigenvalue weighted by atomic mass is 10.1. The minimum absolute atomic E-state index is 0.00869. The summed E-state index contributed by atoms with van der Waals surface area (Å²) in [6.45, 7) is 1.90. The average molecular weight is 303 g/mol. The van der Waals surface area contributed by atoms with Gasteiger partial charge in [0.15, 0.2) is 5.65 Å². The summed E-state index contributed by atoms with van der Waals surface area (Å²) in [5, 5.41) is 0.649. The molecule has 0 saturated carbocycles. The molecule has 3 aromatic rings. The van der Waals surface area contributed by atoms with Crippen molar-refractivity contribution in [3.63, 3.8) is 0 Å². The smallest absolute Gasteiger partial charge is 0.181 e. The summed E-state index contributed by atoms with van der Waals surface area (Å²) < 4.78 is 14.2. The first kappa shape index (κ1) is 14.0. The third-order valence-electron chi connectivity index (χ3n) is 2.95. The Hall–Kier alpha value is -1.99. The van der Waals surface area contributed by atoms with Gasteiger partial charge in [-0.25, -0.2) is 19.3 Å². The highest BCUT2D eigenvalue weighted by Crippen LogP contribution is 2.31. The van der Waals surface area contributed by atoms with Gasteiger partial charge in [0.05, 0.1) is 6.33 Å². The Morgan fingerprint density at radius 2 is 2.19 bits per heavy atom. The predicted molar refractivity (Wildman–Crippen MR) is 79.6 cm³/mol. The number of nitrogens with zero attached hydrogens (tertiary/aromatic N) is 3. The SMILES string of the molecule is CC(N)Cc1ccc(Sc2ncnc3nc[nH]c23)c(F)c1. The van der Waals surface area contributed by atoms with Gasteiger partial charge >= 0.3 is 0 Å². The number of hydrogen-bond donors (Lipinski definition) is 2. The minimum Gasteiger partial charge on any atom is -0.341 e. The molecule has 0 bridgehead atoms. The molecule has 0 aliphatic carbocycles. The number of nitrogens with two attached hydrogens (primary N) is 1. The number of benzene rings is 1. The highest BCUT2D eigenvalue weighted by atomic mass is 32.2. The van der Waals surface area contributed by atoms with E-state index in [-0.39, 0.29) is 11.9 Å². The third kappa shape index (κ3) is 3.03. The second-order valence-corrected chi connectivity index (χ2v) is 5.86. The monoisotopic (exact) mass is 303 g/mol. The van der Waals surface area contributed by atoms with Gasteiger partial charge in [-0.05, 0) is 31.0 Å². The Morgan fingerprint density at radius 3 is 2.95 bits per heavy atom. The van der Waals surface area contributed by atoms with E-state index >= 15 is 0 Å². The maximum atomic E-state index is 14.2. The van der Waals surface area contributed by atoms with Crippen molar-refractivity contribution in [2.45, 2.75) is 29.3 Å². The van der Waals surface area contributed by atoms with Gasteiger partial charge in [-0.3, -0.25) is 0 Å². The molecule has 0 spiro atoms. The molecule has 1 unspecified atom stereocenters. The fourth-order valence-electron chi connectivity index (χ4n) is 2.05. The molecule has 1 atom stereocenters. The topological polar surface area (TPSA) is 80.5 Å². The first-order chi connectivity index (χ1) is 10.1. The molecule has 0 radical (unpaired) electrons. The molecule has 5 nitrogen and oxygen atoms in total. The maximum absolute atomic E-state index is 14.2. The molecule has 0 fully saturated rings. The van der Waals surface area contributed by atoms with Crippen LogP contribution >= 0.6 is 11.8 Å². The summed E-state index contributed by atoms with van der Waals surface area (Å²) in [6, 6.07) is 5.17. The van der Waals surface area contributed by atoms with E-state index in [9.17, 15) is 4.39 Å². The van der Waals surface area contributed by atoms with Crippen LogP contribution in [0.5, 0.6) is 0 Å². The summed E-state index contributed by atoms with van der Waals surface area (Å²) in [5.74, 6) is -0.274. The highest BCUT2D eigenvalue weighted by molar-refractivity contribution is 7.99. The van der Waals surface area contributed by atoms with E-state index in [0.717, 1.165) is 5.56 Å². The second-order valence-electron chi connectivity index (χ2n) is 4.83. The predicted octanol–water partition coefficient (Wildman–Crippen LogP) is 2.53. The van der Waals surface area contributed by atoms with Gasteiger partial charge in [0.25, 0.3) is 0 Å².